The summed E-state index contributed by atoms with van der Waals surface area (Å²) in [6, 6.07) is 4.24. The van der Waals surface area contributed by atoms with Gasteiger partial charge in [-0.2, -0.15) is 0 Å². The minimum Gasteiger partial charge on any atom is -0.493 e. The zero-order chi connectivity index (χ0) is 29.6. The number of aromatic nitrogens is 3. The quantitative estimate of drug-likeness (QED) is 0.243. The van der Waals surface area contributed by atoms with Crippen LogP contribution in [-0.4, -0.2) is 106 Å². The van der Waals surface area contributed by atoms with Crippen LogP contribution in [0.1, 0.15) is 0 Å². The molecule has 0 atom stereocenters. The lowest BCUT2D eigenvalue weighted by Crippen LogP contribution is -2.47. The van der Waals surface area contributed by atoms with E-state index in [9.17, 15) is 9.18 Å². The lowest BCUT2D eigenvalue weighted by Gasteiger charge is -2.32. The highest BCUT2D eigenvalue weighted by Gasteiger charge is 2.24. The molecule has 0 aliphatic carbocycles. The second kappa shape index (κ2) is 13.6. The van der Waals surface area contributed by atoms with Crippen molar-refractivity contribution in [2.24, 2.45) is 0 Å². The third kappa shape index (κ3) is 7.94. The Bertz CT molecular complexity index is 1340. The molecule has 1 aliphatic heterocycles. The van der Waals surface area contributed by atoms with Crippen molar-refractivity contribution in [1.29, 1.82) is 0 Å². The molecule has 4 heterocycles. The molecular weight excluding hydrogens is 545 g/mol. The van der Waals surface area contributed by atoms with Crippen molar-refractivity contribution in [3.05, 3.63) is 30.3 Å². The molecule has 0 radical (unpaired) electrons. The zero-order valence-corrected chi connectivity index (χ0v) is 25.9. The van der Waals surface area contributed by atoms with Crippen molar-refractivity contribution in [3.63, 3.8) is 0 Å². The highest BCUT2D eigenvalue weighted by Crippen LogP contribution is 2.42. The van der Waals surface area contributed by atoms with E-state index in [2.05, 4.69) is 52.1 Å². The van der Waals surface area contributed by atoms with Gasteiger partial charge < -0.3 is 29.0 Å². The van der Waals surface area contributed by atoms with Gasteiger partial charge in [0.1, 0.15) is 18.2 Å². The Hall–Kier alpha value is -3.26. The highest BCUT2D eigenvalue weighted by molar-refractivity contribution is 6.76. The molecule has 2 N–H and O–H groups in total. The third-order valence-corrected chi connectivity index (χ3v) is 8.82. The van der Waals surface area contributed by atoms with E-state index in [-0.39, 0.29) is 24.4 Å². The van der Waals surface area contributed by atoms with Gasteiger partial charge in [-0.3, -0.25) is 10.2 Å². The molecule has 0 unspecified atom stereocenters. The first-order valence-electron chi connectivity index (χ1n) is 13.9. The summed E-state index contributed by atoms with van der Waals surface area (Å²) in [4.78, 5) is 26.2. The number of rotatable bonds is 12. The van der Waals surface area contributed by atoms with Gasteiger partial charge in [-0.1, -0.05) is 19.6 Å². The summed E-state index contributed by atoms with van der Waals surface area (Å²) < 4.78 is 33.5. The van der Waals surface area contributed by atoms with Crippen molar-refractivity contribution in [2.45, 2.75) is 32.4 Å². The van der Waals surface area contributed by atoms with Crippen LogP contribution in [0.25, 0.3) is 22.2 Å². The van der Waals surface area contributed by atoms with Gasteiger partial charge in [-0.15, -0.1) is 0 Å². The predicted molar refractivity (Wildman–Crippen MR) is 161 cm³/mol. The Kier molecular flexibility index (Phi) is 10.2. The Balaban J connectivity index is 1.57. The molecule has 1 fully saturated rings. The number of hydrogen-bond donors (Lipinski definition) is 2. The summed E-state index contributed by atoms with van der Waals surface area (Å²) in [6.45, 7) is 13.1. The fraction of sp³-hybridized carbons (Fsp3) is 0.536. The molecule has 13 heteroatoms. The molecule has 1 aliphatic rings. The fourth-order valence-electron chi connectivity index (χ4n) is 4.68. The number of urea groups is 1. The zero-order valence-electron chi connectivity index (χ0n) is 24.9. The van der Waals surface area contributed by atoms with Crippen molar-refractivity contribution in [2.75, 3.05) is 72.5 Å². The van der Waals surface area contributed by atoms with Crippen molar-refractivity contribution in [3.8, 4) is 22.8 Å². The monoisotopic (exact) mass is 587 g/mol. The number of amides is 2. The first-order valence-corrected chi connectivity index (χ1v) is 17.6. The van der Waals surface area contributed by atoms with Crippen LogP contribution >= 0.6 is 0 Å². The molecule has 224 valence electrons. The minimum absolute atomic E-state index is 0.0254. The van der Waals surface area contributed by atoms with Crippen LogP contribution in [0.3, 0.4) is 0 Å². The van der Waals surface area contributed by atoms with Crippen LogP contribution in [0.2, 0.25) is 25.7 Å². The standard InChI is InChI=1S/C28H42FN7O4Si/c1-34-11-13-35(14-12-34)10-9-30-28(37)33-23-8-7-20-21(24-25(38-2)22(29)17-31-27(24)39-3)18-36(26(20)32-23)19-40-15-16-41(4,5)6/h7-8,17-18H,9-16,19H2,1-6H3,(H2,30,32,33,37). The van der Waals surface area contributed by atoms with E-state index in [0.29, 0.717) is 41.1 Å². The van der Waals surface area contributed by atoms with Crippen LogP contribution in [0, 0.1) is 5.82 Å². The molecule has 3 aromatic heterocycles. The Labute approximate surface area is 242 Å². The molecular formula is C28H42FN7O4Si. The van der Waals surface area contributed by atoms with Gasteiger partial charge in [-0.05, 0) is 25.2 Å². The minimum atomic E-state index is -1.27. The summed E-state index contributed by atoms with van der Waals surface area (Å²) in [7, 11) is 3.73. The molecule has 0 saturated carbocycles. The van der Waals surface area contributed by atoms with E-state index in [1.165, 1.54) is 14.2 Å². The molecule has 0 aromatic carbocycles. The van der Waals surface area contributed by atoms with Gasteiger partial charge in [0.05, 0.1) is 26.0 Å². The van der Waals surface area contributed by atoms with Crippen LogP contribution < -0.4 is 20.1 Å². The second-order valence-corrected chi connectivity index (χ2v) is 17.1. The average Bonchev–Trinajstić information content (AvgIpc) is 3.28. The van der Waals surface area contributed by atoms with Gasteiger partial charge in [0.2, 0.25) is 5.88 Å². The third-order valence-electron chi connectivity index (χ3n) is 7.12. The number of fused-ring (bicyclic) bond motifs is 1. The summed E-state index contributed by atoms with van der Waals surface area (Å²) in [5, 5.41) is 6.47. The summed E-state index contributed by atoms with van der Waals surface area (Å²) in [6.07, 6.45) is 2.90. The van der Waals surface area contributed by atoms with E-state index in [4.69, 9.17) is 19.2 Å². The molecule has 41 heavy (non-hydrogen) atoms. The number of nitrogens with zero attached hydrogens (tertiary/aromatic N) is 5. The second-order valence-electron chi connectivity index (χ2n) is 11.5. The van der Waals surface area contributed by atoms with Crippen LogP contribution in [0.15, 0.2) is 24.5 Å². The van der Waals surface area contributed by atoms with E-state index < -0.39 is 13.9 Å². The van der Waals surface area contributed by atoms with Crippen molar-refractivity contribution >= 4 is 31.0 Å². The normalized spacial score (nSPS) is 14.8. The fourth-order valence-corrected chi connectivity index (χ4v) is 5.44. The molecule has 0 bridgehead atoms. The Morgan fingerprint density at radius 1 is 1.12 bits per heavy atom. The number of pyridine rings is 2. The lowest BCUT2D eigenvalue weighted by atomic mass is 10.1. The number of halogens is 1. The molecule has 3 aromatic rings. The predicted octanol–water partition coefficient (Wildman–Crippen LogP) is 3.94. The highest BCUT2D eigenvalue weighted by atomic mass is 28.3. The average molecular weight is 588 g/mol. The van der Waals surface area contributed by atoms with Gasteiger partial charge in [0, 0.05) is 71.1 Å². The number of ether oxygens (including phenoxy) is 3. The molecule has 2 amide bonds. The summed E-state index contributed by atoms with van der Waals surface area (Å²) in [5.74, 6) is 0.0373. The molecule has 0 spiro atoms. The van der Waals surface area contributed by atoms with Crippen molar-refractivity contribution < 1.29 is 23.4 Å². The van der Waals surface area contributed by atoms with Crippen LogP contribution in [0.5, 0.6) is 11.6 Å². The first-order chi connectivity index (χ1) is 19.6. The number of piperazine rings is 1. The first kappa shape index (κ1) is 30.7. The van der Waals surface area contributed by atoms with Gasteiger partial charge in [-0.25, -0.2) is 19.2 Å². The van der Waals surface area contributed by atoms with Gasteiger partial charge >= 0.3 is 6.03 Å². The molecule has 1 saturated heterocycles. The Morgan fingerprint density at radius 3 is 2.56 bits per heavy atom. The number of likely N-dealkylation sites (N-methyl/N-ethyl adjacent to an activating group) is 1. The maximum atomic E-state index is 14.7. The number of methoxy groups -OCH3 is 2. The summed E-state index contributed by atoms with van der Waals surface area (Å²) in [5.41, 5.74) is 1.58. The van der Waals surface area contributed by atoms with E-state index >= 15 is 0 Å². The van der Waals surface area contributed by atoms with Gasteiger partial charge in [0.25, 0.3) is 0 Å². The summed E-state index contributed by atoms with van der Waals surface area (Å²) >= 11 is 0. The van der Waals surface area contributed by atoms with E-state index in [1.807, 2.05) is 16.8 Å². The maximum absolute atomic E-state index is 14.7. The maximum Gasteiger partial charge on any atom is 0.320 e. The number of hydrogen-bond acceptors (Lipinski definition) is 8. The smallest absolute Gasteiger partial charge is 0.320 e. The molecule has 4 rings (SSSR count). The number of nitrogens with one attached hydrogen (secondary N) is 2. The lowest BCUT2D eigenvalue weighted by molar-refractivity contribution is 0.0899. The largest absolute Gasteiger partial charge is 0.493 e. The number of carbonyl (C=O) groups excluding carboxylic acids is 1. The molecule has 11 nitrogen and oxygen atoms in total. The van der Waals surface area contributed by atoms with Crippen LogP contribution in [0.4, 0.5) is 15.0 Å². The topological polar surface area (TPSA) is 106 Å². The number of anilines is 1. The van der Waals surface area contributed by atoms with Gasteiger partial charge in [0.15, 0.2) is 11.6 Å². The van der Waals surface area contributed by atoms with E-state index in [0.717, 1.165) is 45.0 Å². The van der Waals surface area contributed by atoms with Crippen LogP contribution in [-0.2, 0) is 11.5 Å². The Morgan fingerprint density at radius 2 is 1.88 bits per heavy atom. The number of carbonyl (C=O) groups is 1. The SMILES string of the molecule is COc1ncc(F)c(OC)c1-c1cn(COCC[Si](C)(C)C)c2nc(NC(=O)NCCN3CCN(C)CC3)ccc12. The van der Waals surface area contributed by atoms with Crippen molar-refractivity contribution in [1.82, 2.24) is 29.7 Å². The van der Waals surface area contributed by atoms with E-state index in [1.54, 1.807) is 6.07 Å².